The number of hydrogen-bond acceptors (Lipinski definition) is 4. The minimum absolute atomic E-state index is 0.224. The lowest BCUT2D eigenvalue weighted by molar-refractivity contribution is -0.124. The first-order valence-corrected chi connectivity index (χ1v) is 9.76. The number of hydrogen-bond donors (Lipinski definition) is 2. The molecule has 0 aliphatic carbocycles. The average molecular weight is 413 g/mol. The average Bonchev–Trinajstić information content (AvgIpc) is 3.26. The molecule has 8 heteroatoms. The first-order chi connectivity index (χ1) is 14.5. The standard InChI is InChI=1S/C22H24FN3O4/c1-30-18-9-7-15(8-10-18)20(27)24-11-12-25-21(28)19-6-3-13-26(19)22(29)16-4-2-5-17(23)14-16/h2,4-5,7-10,14,19H,3,6,11-13H2,1H3,(H,24,27)(H,25,28)/t19-/m1/s1. The van der Waals surface area contributed by atoms with Crippen LogP contribution >= 0.6 is 0 Å². The molecule has 3 amide bonds. The third kappa shape index (κ3) is 5.14. The van der Waals surface area contributed by atoms with Gasteiger partial charge in [-0.1, -0.05) is 6.07 Å². The van der Waals surface area contributed by atoms with Crippen molar-refractivity contribution in [2.75, 3.05) is 26.7 Å². The lowest BCUT2D eigenvalue weighted by Gasteiger charge is -2.24. The number of likely N-dealkylation sites (tertiary alicyclic amines) is 1. The Labute approximate surface area is 174 Å². The molecule has 0 spiro atoms. The first kappa shape index (κ1) is 21.3. The van der Waals surface area contributed by atoms with Gasteiger partial charge in [-0.25, -0.2) is 4.39 Å². The Bertz CT molecular complexity index is 917. The highest BCUT2D eigenvalue weighted by atomic mass is 19.1. The van der Waals surface area contributed by atoms with E-state index < -0.39 is 11.9 Å². The van der Waals surface area contributed by atoms with E-state index in [4.69, 9.17) is 4.74 Å². The Hall–Kier alpha value is -3.42. The summed E-state index contributed by atoms with van der Waals surface area (Å²) >= 11 is 0. The predicted octanol–water partition coefficient (Wildman–Crippen LogP) is 1.99. The summed E-state index contributed by atoms with van der Waals surface area (Å²) in [5.74, 6) is -0.729. The van der Waals surface area contributed by atoms with Gasteiger partial charge in [0.05, 0.1) is 7.11 Å². The molecule has 7 nitrogen and oxygen atoms in total. The van der Waals surface area contributed by atoms with Crippen LogP contribution in [0.5, 0.6) is 5.75 Å². The third-order valence-electron chi connectivity index (χ3n) is 4.95. The quantitative estimate of drug-likeness (QED) is 0.680. The minimum atomic E-state index is -0.599. The molecule has 1 saturated heterocycles. The van der Waals surface area contributed by atoms with Crippen molar-refractivity contribution in [3.05, 3.63) is 65.5 Å². The van der Waals surface area contributed by atoms with Crippen LogP contribution in [-0.2, 0) is 4.79 Å². The number of methoxy groups -OCH3 is 1. The molecule has 0 radical (unpaired) electrons. The zero-order valence-corrected chi connectivity index (χ0v) is 16.7. The Morgan fingerprint density at radius 1 is 1.07 bits per heavy atom. The van der Waals surface area contributed by atoms with Crippen LogP contribution in [0.3, 0.4) is 0 Å². The number of halogens is 1. The van der Waals surface area contributed by atoms with E-state index >= 15 is 0 Å². The Morgan fingerprint density at radius 2 is 1.80 bits per heavy atom. The summed E-state index contributed by atoms with van der Waals surface area (Å²) in [6.07, 6.45) is 1.25. The first-order valence-electron chi connectivity index (χ1n) is 9.76. The van der Waals surface area contributed by atoms with Gasteiger partial charge >= 0.3 is 0 Å². The van der Waals surface area contributed by atoms with E-state index in [0.717, 1.165) is 0 Å². The molecule has 2 aromatic rings. The van der Waals surface area contributed by atoms with Crippen molar-refractivity contribution in [1.82, 2.24) is 15.5 Å². The molecule has 2 N–H and O–H groups in total. The number of benzene rings is 2. The van der Waals surface area contributed by atoms with E-state index in [1.165, 1.54) is 29.2 Å². The van der Waals surface area contributed by atoms with Crippen LogP contribution in [0.15, 0.2) is 48.5 Å². The van der Waals surface area contributed by atoms with Gasteiger partial charge in [-0.2, -0.15) is 0 Å². The highest BCUT2D eigenvalue weighted by Gasteiger charge is 2.34. The second-order valence-corrected chi connectivity index (χ2v) is 6.94. The number of amides is 3. The van der Waals surface area contributed by atoms with Gasteiger partial charge in [0, 0.05) is 30.8 Å². The summed E-state index contributed by atoms with van der Waals surface area (Å²) in [5.41, 5.74) is 0.714. The summed E-state index contributed by atoms with van der Waals surface area (Å²) in [6.45, 7) is 0.933. The van der Waals surface area contributed by atoms with Gasteiger partial charge in [-0.15, -0.1) is 0 Å². The van der Waals surface area contributed by atoms with Crippen molar-refractivity contribution in [2.45, 2.75) is 18.9 Å². The van der Waals surface area contributed by atoms with E-state index in [9.17, 15) is 18.8 Å². The van der Waals surface area contributed by atoms with E-state index in [0.29, 0.717) is 30.7 Å². The number of carbonyl (C=O) groups excluding carboxylic acids is 3. The lowest BCUT2D eigenvalue weighted by atomic mass is 10.1. The van der Waals surface area contributed by atoms with Crippen molar-refractivity contribution in [3.8, 4) is 5.75 Å². The molecule has 1 heterocycles. The van der Waals surface area contributed by atoms with E-state index in [1.807, 2.05) is 0 Å². The highest BCUT2D eigenvalue weighted by Crippen LogP contribution is 2.20. The molecule has 0 bridgehead atoms. The molecular formula is C22H24FN3O4. The molecule has 0 saturated carbocycles. The number of nitrogens with one attached hydrogen (secondary N) is 2. The number of ether oxygens (including phenoxy) is 1. The van der Waals surface area contributed by atoms with Crippen LogP contribution in [0.4, 0.5) is 4.39 Å². The third-order valence-corrected chi connectivity index (χ3v) is 4.95. The van der Waals surface area contributed by atoms with Gasteiger partial charge in [-0.3, -0.25) is 14.4 Å². The van der Waals surface area contributed by atoms with Gasteiger partial charge in [0.25, 0.3) is 11.8 Å². The van der Waals surface area contributed by atoms with Crippen LogP contribution < -0.4 is 15.4 Å². The molecule has 3 rings (SSSR count). The van der Waals surface area contributed by atoms with Gasteiger partial charge in [0.2, 0.25) is 5.91 Å². The second-order valence-electron chi connectivity index (χ2n) is 6.94. The Balaban J connectivity index is 1.48. The Kier molecular flexibility index (Phi) is 7.00. The summed E-state index contributed by atoms with van der Waals surface area (Å²) in [6, 6.07) is 11.5. The second kappa shape index (κ2) is 9.87. The molecule has 30 heavy (non-hydrogen) atoms. The number of nitrogens with zero attached hydrogens (tertiary/aromatic N) is 1. The zero-order chi connectivity index (χ0) is 21.5. The van der Waals surface area contributed by atoms with E-state index in [1.54, 1.807) is 31.4 Å². The molecule has 1 fully saturated rings. The van der Waals surface area contributed by atoms with Crippen molar-refractivity contribution < 1.29 is 23.5 Å². The summed E-state index contributed by atoms with van der Waals surface area (Å²) in [7, 11) is 1.55. The van der Waals surface area contributed by atoms with Gasteiger partial charge in [-0.05, 0) is 55.3 Å². The maximum Gasteiger partial charge on any atom is 0.254 e. The summed E-state index contributed by atoms with van der Waals surface area (Å²) in [4.78, 5) is 38.8. The molecule has 1 aliphatic heterocycles. The van der Waals surface area contributed by atoms with Crippen LogP contribution in [0.1, 0.15) is 33.6 Å². The molecule has 0 aromatic heterocycles. The van der Waals surface area contributed by atoms with Crippen LogP contribution in [0, 0.1) is 5.82 Å². The van der Waals surface area contributed by atoms with Gasteiger partial charge in [0.1, 0.15) is 17.6 Å². The van der Waals surface area contributed by atoms with Gasteiger partial charge < -0.3 is 20.3 Å². The van der Waals surface area contributed by atoms with Crippen molar-refractivity contribution in [2.24, 2.45) is 0 Å². The van der Waals surface area contributed by atoms with Gasteiger partial charge in [0.15, 0.2) is 0 Å². The minimum Gasteiger partial charge on any atom is -0.497 e. The maximum absolute atomic E-state index is 13.4. The maximum atomic E-state index is 13.4. The lowest BCUT2D eigenvalue weighted by Crippen LogP contribution is -2.47. The van der Waals surface area contributed by atoms with Crippen LogP contribution in [0.25, 0.3) is 0 Å². The van der Waals surface area contributed by atoms with E-state index in [2.05, 4.69) is 10.6 Å². The smallest absolute Gasteiger partial charge is 0.254 e. The Morgan fingerprint density at radius 3 is 2.50 bits per heavy atom. The molecule has 2 aromatic carbocycles. The van der Waals surface area contributed by atoms with Crippen molar-refractivity contribution in [1.29, 1.82) is 0 Å². The van der Waals surface area contributed by atoms with E-state index in [-0.39, 0.29) is 36.4 Å². The monoisotopic (exact) mass is 413 g/mol. The largest absolute Gasteiger partial charge is 0.497 e. The van der Waals surface area contributed by atoms with Crippen molar-refractivity contribution >= 4 is 17.7 Å². The fourth-order valence-corrected chi connectivity index (χ4v) is 3.39. The van der Waals surface area contributed by atoms with Crippen LogP contribution in [-0.4, -0.2) is 55.4 Å². The molecule has 0 unspecified atom stereocenters. The zero-order valence-electron chi connectivity index (χ0n) is 16.7. The number of carbonyl (C=O) groups is 3. The predicted molar refractivity (Wildman–Crippen MR) is 109 cm³/mol. The molecular weight excluding hydrogens is 389 g/mol. The fourth-order valence-electron chi connectivity index (χ4n) is 3.39. The topological polar surface area (TPSA) is 87.7 Å². The number of rotatable bonds is 7. The molecule has 158 valence electrons. The SMILES string of the molecule is COc1ccc(C(=O)NCCNC(=O)[C@H]2CCCN2C(=O)c2cccc(F)c2)cc1. The van der Waals surface area contributed by atoms with Crippen LogP contribution in [0.2, 0.25) is 0 Å². The molecule has 1 atom stereocenters. The normalized spacial score (nSPS) is 15.5. The summed E-state index contributed by atoms with van der Waals surface area (Å²) < 4.78 is 18.5. The van der Waals surface area contributed by atoms with Crippen molar-refractivity contribution in [3.63, 3.8) is 0 Å². The fraction of sp³-hybridized carbons (Fsp3) is 0.318. The molecule has 1 aliphatic rings. The highest BCUT2D eigenvalue weighted by molar-refractivity contribution is 5.98. The summed E-state index contributed by atoms with van der Waals surface area (Å²) in [5, 5.41) is 5.49.